The largest absolute Gasteiger partial charge is 0.452 e. The molecule has 0 bridgehead atoms. The first-order chi connectivity index (χ1) is 12.0. The van der Waals surface area contributed by atoms with Crippen molar-refractivity contribution in [3.05, 3.63) is 54.4 Å². The molecule has 0 aliphatic carbocycles. The minimum Gasteiger partial charge on any atom is -0.452 e. The molecule has 2 aromatic rings. The van der Waals surface area contributed by atoms with Crippen LogP contribution in [0.3, 0.4) is 0 Å². The van der Waals surface area contributed by atoms with Crippen LogP contribution < -0.4 is 10.6 Å². The van der Waals surface area contributed by atoms with E-state index in [4.69, 9.17) is 4.74 Å². The summed E-state index contributed by atoms with van der Waals surface area (Å²) >= 11 is 0. The van der Waals surface area contributed by atoms with E-state index in [-0.39, 0.29) is 5.91 Å². The zero-order valence-electron chi connectivity index (χ0n) is 14.2. The normalized spacial score (nSPS) is 11.4. The van der Waals surface area contributed by atoms with Gasteiger partial charge in [-0.05, 0) is 50.2 Å². The van der Waals surface area contributed by atoms with Crippen LogP contribution >= 0.6 is 0 Å². The summed E-state index contributed by atoms with van der Waals surface area (Å²) in [5, 5.41) is 5.06. The smallest absolute Gasteiger partial charge is 0.338 e. The number of hydrogen-bond donors (Lipinski definition) is 2. The predicted molar refractivity (Wildman–Crippen MR) is 92.3 cm³/mol. The molecular formula is C18H21N3O4. The first-order valence-electron chi connectivity index (χ1n) is 7.99. The summed E-state index contributed by atoms with van der Waals surface area (Å²) in [6.45, 7) is 3.38. The second-order valence-corrected chi connectivity index (χ2v) is 5.40. The maximum Gasteiger partial charge on any atom is 0.338 e. The molecule has 0 saturated heterocycles. The molecule has 1 heterocycles. The van der Waals surface area contributed by atoms with Crippen molar-refractivity contribution in [1.82, 2.24) is 15.2 Å². The number of amides is 2. The lowest BCUT2D eigenvalue weighted by Crippen LogP contribution is -2.46. The van der Waals surface area contributed by atoms with E-state index >= 15 is 0 Å². The zero-order valence-corrected chi connectivity index (χ0v) is 14.2. The van der Waals surface area contributed by atoms with E-state index in [2.05, 4.69) is 10.6 Å². The van der Waals surface area contributed by atoms with E-state index in [1.165, 1.54) is 0 Å². The van der Waals surface area contributed by atoms with Gasteiger partial charge < -0.3 is 19.9 Å². The molecule has 7 nitrogen and oxygen atoms in total. The fourth-order valence-electron chi connectivity index (χ4n) is 2.17. The first kappa shape index (κ1) is 18.3. The number of aromatic nitrogens is 1. The van der Waals surface area contributed by atoms with E-state index in [9.17, 15) is 14.4 Å². The summed E-state index contributed by atoms with van der Waals surface area (Å²) in [5.41, 5.74) is 1.26. The summed E-state index contributed by atoms with van der Waals surface area (Å²) in [5.74, 6) is -1.42. The monoisotopic (exact) mass is 343 g/mol. The van der Waals surface area contributed by atoms with Crippen molar-refractivity contribution in [1.29, 1.82) is 0 Å². The molecule has 1 aromatic carbocycles. The molecule has 0 fully saturated rings. The maximum absolute atomic E-state index is 12.0. The molecule has 0 saturated carbocycles. The van der Waals surface area contributed by atoms with Gasteiger partial charge in [0.25, 0.3) is 5.91 Å². The Balaban J connectivity index is 1.83. The third kappa shape index (κ3) is 5.20. The summed E-state index contributed by atoms with van der Waals surface area (Å²) < 4.78 is 6.88. The third-order valence-corrected chi connectivity index (χ3v) is 3.46. The lowest BCUT2D eigenvalue weighted by atomic mass is 10.2. The van der Waals surface area contributed by atoms with Crippen molar-refractivity contribution >= 4 is 17.8 Å². The minimum absolute atomic E-state index is 0.289. The van der Waals surface area contributed by atoms with Gasteiger partial charge in [-0.3, -0.25) is 9.59 Å². The van der Waals surface area contributed by atoms with E-state index in [1.807, 2.05) is 29.1 Å². The van der Waals surface area contributed by atoms with Crippen LogP contribution in [0.4, 0.5) is 0 Å². The standard InChI is InChI=1S/C18H21N3O4/c1-3-19-17(23)13(2)20-16(22)12-25-18(24)14-6-8-15(9-7-14)21-10-4-5-11-21/h4-11,13H,3,12H2,1-2H3,(H,19,23)(H,20,22)/t13-/m0/s1. The van der Waals surface area contributed by atoms with Crippen LogP contribution in [0.25, 0.3) is 5.69 Å². The lowest BCUT2D eigenvalue weighted by Gasteiger charge is -2.13. The average Bonchev–Trinajstić information content (AvgIpc) is 3.14. The Hall–Kier alpha value is -3.09. The fourth-order valence-corrected chi connectivity index (χ4v) is 2.17. The highest BCUT2D eigenvalue weighted by atomic mass is 16.5. The van der Waals surface area contributed by atoms with Gasteiger partial charge in [0.1, 0.15) is 6.04 Å². The molecule has 2 rings (SSSR count). The van der Waals surface area contributed by atoms with E-state index in [0.717, 1.165) is 5.69 Å². The molecule has 0 radical (unpaired) electrons. The Morgan fingerprint density at radius 2 is 1.76 bits per heavy atom. The van der Waals surface area contributed by atoms with Gasteiger partial charge in [0.05, 0.1) is 5.56 Å². The highest BCUT2D eigenvalue weighted by molar-refractivity contribution is 5.92. The van der Waals surface area contributed by atoms with Gasteiger partial charge in [-0.1, -0.05) is 0 Å². The van der Waals surface area contributed by atoms with Gasteiger partial charge in [0, 0.05) is 24.6 Å². The van der Waals surface area contributed by atoms with Crippen molar-refractivity contribution in [3.8, 4) is 5.69 Å². The number of nitrogens with one attached hydrogen (secondary N) is 2. The van der Waals surface area contributed by atoms with Crippen LogP contribution in [0.5, 0.6) is 0 Å². The summed E-state index contributed by atoms with van der Waals surface area (Å²) in [7, 11) is 0. The second-order valence-electron chi connectivity index (χ2n) is 5.40. The number of ether oxygens (including phenoxy) is 1. The molecule has 7 heteroatoms. The highest BCUT2D eigenvalue weighted by Crippen LogP contribution is 2.10. The number of likely N-dealkylation sites (N-methyl/N-ethyl adjacent to an activating group) is 1. The van der Waals surface area contributed by atoms with Crippen LogP contribution in [0.2, 0.25) is 0 Å². The molecule has 0 unspecified atom stereocenters. The molecule has 25 heavy (non-hydrogen) atoms. The Morgan fingerprint density at radius 3 is 2.36 bits per heavy atom. The summed E-state index contributed by atoms with van der Waals surface area (Å²) in [6, 6.07) is 9.96. The number of carbonyl (C=O) groups is 3. The molecule has 0 aliphatic heterocycles. The van der Waals surface area contributed by atoms with E-state index in [1.54, 1.807) is 38.1 Å². The Kier molecular flexibility index (Phi) is 6.33. The SMILES string of the molecule is CCNC(=O)[C@H](C)NC(=O)COC(=O)c1ccc(-n2cccc2)cc1. The molecule has 0 spiro atoms. The second kappa shape index (κ2) is 8.68. The van der Waals surface area contributed by atoms with E-state index < -0.39 is 24.5 Å². The Morgan fingerprint density at radius 1 is 1.12 bits per heavy atom. The van der Waals surface area contributed by atoms with Crippen molar-refractivity contribution in [2.45, 2.75) is 19.9 Å². The molecule has 0 aliphatic rings. The molecular weight excluding hydrogens is 322 g/mol. The van der Waals surface area contributed by atoms with Gasteiger partial charge in [-0.2, -0.15) is 0 Å². The number of rotatable bonds is 7. The average molecular weight is 343 g/mol. The van der Waals surface area contributed by atoms with Gasteiger partial charge in [-0.25, -0.2) is 4.79 Å². The number of esters is 1. The molecule has 1 aromatic heterocycles. The molecule has 1 atom stereocenters. The Bertz CT molecular complexity index is 723. The molecule has 132 valence electrons. The maximum atomic E-state index is 12.0. The summed E-state index contributed by atoms with van der Waals surface area (Å²) in [4.78, 5) is 35.2. The number of benzene rings is 1. The van der Waals surface area contributed by atoms with Gasteiger partial charge in [0.2, 0.25) is 5.91 Å². The zero-order chi connectivity index (χ0) is 18.2. The van der Waals surface area contributed by atoms with Gasteiger partial charge >= 0.3 is 5.97 Å². The molecule has 2 N–H and O–H groups in total. The third-order valence-electron chi connectivity index (χ3n) is 3.46. The van der Waals surface area contributed by atoms with Crippen molar-refractivity contribution in [2.24, 2.45) is 0 Å². The minimum atomic E-state index is -0.688. The van der Waals surface area contributed by atoms with Crippen LogP contribution in [0, 0.1) is 0 Å². The molecule has 2 amide bonds. The first-order valence-corrected chi connectivity index (χ1v) is 7.99. The number of hydrogen-bond acceptors (Lipinski definition) is 4. The summed E-state index contributed by atoms with van der Waals surface area (Å²) in [6.07, 6.45) is 3.79. The predicted octanol–water partition coefficient (Wildman–Crippen LogP) is 1.27. The highest BCUT2D eigenvalue weighted by Gasteiger charge is 2.16. The van der Waals surface area contributed by atoms with Crippen LogP contribution in [-0.4, -0.2) is 41.5 Å². The number of carbonyl (C=O) groups excluding carboxylic acids is 3. The van der Waals surface area contributed by atoms with Gasteiger partial charge in [0.15, 0.2) is 6.61 Å². The van der Waals surface area contributed by atoms with Crippen molar-refractivity contribution in [2.75, 3.05) is 13.2 Å². The quantitative estimate of drug-likeness (QED) is 0.741. The van der Waals surface area contributed by atoms with Crippen LogP contribution in [0.15, 0.2) is 48.8 Å². The lowest BCUT2D eigenvalue weighted by molar-refractivity contribution is -0.130. The van der Waals surface area contributed by atoms with Crippen molar-refractivity contribution in [3.63, 3.8) is 0 Å². The van der Waals surface area contributed by atoms with Crippen LogP contribution in [-0.2, 0) is 14.3 Å². The van der Waals surface area contributed by atoms with Crippen LogP contribution in [0.1, 0.15) is 24.2 Å². The fraction of sp³-hybridized carbons (Fsp3) is 0.278. The van der Waals surface area contributed by atoms with Gasteiger partial charge in [-0.15, -0.1) is 0 Å². The Labute approximate surface area is 146 Å². The number of nitrogens with zero attached hydrogens (tertiary/aromatic N) is 1. The van der Waals surface area contributed by atoms with Crippen molar-refractivity contribution < 1.29 is 19.1 Å². The topological polar surface area (TPSA) is 89.4 Å². The van der Waals surface area contributed by atoms with E-state index in [0.29, 0.717) is 12.1 Å².